The Bertz CT molecular complexity index is 973. The smallest absolute Gasteiger partial charge is 0.277 e. The van der Waals surface area contributed by atoms with Crippen LogP contribution in [0, 0.1) is 0 Å². The van der Waals surface area contributed by atoms with Crippen LogP contribution in [0.2, 0.25) is 0 Å². The number of nitrogens with zero attached hydrogens (tertiary/aromatic N) is 3. The van der Waals surface area contributed by atoms with E-state index in [1.165, 1.54) is 11.0 Å². The molecular formula is C18H13N3O4S. The number of aromatic nitrogens is 2. The molecule has 1 aliphatic heterocycles. The topological polar surface area (TPSA) is 96.5 Å². The SMILES string of the molecule is O=C1C[C@@H](Sc2nnc(-c3ccccc3O)o2)C(=O)N1c1ccccc1. The van der Waals surface area contributed by atoms with Gasteiger partial charge in [-0.05, 0) is 24.3 Å². The Morgan fingerprint density at radius 3 is 2.54 bits per heavy atom. The molecule has 130 valence electrons. The predicted octanol–water partition coefficient (Wildman–Crippen LogP) is 2.87. The van der Waals surface area contributed by atoms with Gasteiger partial charge in [-0.15, -0.1) is 10.2 Å². The fraction of sp³-hybridized carbons (Fsp3) is 0.111. The molecule has 1 atom stereocenters. The lowest BCUT2D eigenvalue weighted by Gasteiger charge is -2.13. The zero-order valence-corrected chi connectivity index (χ0v) is 14.2. The van der Waals surface area contributed by atoms with Crippen molar-refractivity contribution in [1.29, 1.82) is 0 Å². The van der Waals surface area contributed by atoms with Gasteiger partial charge in [0.2, 0.25) is 11.8 Å². The van der Waals surface area contributed by atoms with E-state index in [0.29, 0.717) is 11.3 Å². The summed E-state index contributed by atoms with van der Waals surface area (Å²) in [5.74, 6) is -0.398. The minimum atomic E-state index is -0.625. The van der Waals surface area contributed by atoms with Gasteiger partial charge in [0.15, 0.2) is 0 Å². The number of carbonyl (C=O) groups excluding carboxylic acids is 2. The number of carbonyl (C=O) groups is 2. The Labute approximate surface area is 152 Å². The van der Waals surface area contributed by atoms with Crippen LogP contribution >= 0.6 is 11.8 Å². The van der Waals surface area contributed by atoms with Crippen molar-refractivity contribution in [3.8, 4) is 17.2 Å². The van der Waals surface area contributed by atoms with Crippen molar-refractivity contribution in [2.24, 2.45) is 0 Å². The van der Waals surface area contributed by atoms with Crippen molar-refractivity contribution in [3.63, 3.8) is 0 Å². The number of para-hydroxylation sites is 2. The Hall–Kier alpha value is -3.13. The first kappa shape index (κ1) is 16.3. The normalized spacial score (nSPS) is 17.1. The molecular weight excluding hydrogens is 354 g/mol. The summed E-state index contributed by atoms with van der Waals surface area (Å²) in [6.07, 6.45) is 0.0622. The highest BCUT2D eigenvalue weighted by Gasteiger charge is 2.41. The van der Waals surface area contributed by atoms with Gasteiger partial charge in [0, 0.05) is 6.42 Å². The first-order valence-corrected chi connectivity index (χ1v) is 8.72. The second kappa shape index (κ2) is 6.64. The molecule has 2 aromatic carbocycles. The highest BCUT2D eigenvalue weighted by Crippen LogP contribution is 2.35. The molecule has 1 aliphatic rings. The summed E-state index contributed by atoms with van der Waals surface area (Å²) in [6, 6.07) is 15.4. The minimum absolute atomic E-state index is 0.0232. The average Bonchev–Trinajstić information content (AvgIpc) is 3.21. The number of rotatable bonds is 4. The molecule has 0 bridgehead atoms. The summed E-state index contributed by atoms with van der Waals surface area (Å²) in [5.41, 5.74) is 0.956. The molecule has 7 nitrogen and oxygen atoms in total. The van der Waals surface area contributed by atoms with E-state index < -0.39 is 5.25 Å². The Balaban J connectivity index is 1.53. The van der Waals surface area contributed by atoms with Gasteiger partial charge in [-0.25, -0.2) is 4.90 Å². The van der Waals surface area contributed by atoms with E-state index in [0.717, 1.165) is 11.8 Å². The molecule has 8 heteroatoms. The van der Waals surface area contributed by atoms with Crippen molar-refractivity contribution in [3.05, 3.63) is 54.6 Å². The molecule has 2 heterocycles. The Kier molecular flexibility index (Phi) is 4.18. The average molecular weight is 367 g/mol. The van der Waals surface area contributed by atoms with E-state index in [2.05, 4.69) is 10.2 Å². The summed E-state index contributed by atoms with van der Waals surface area (Å²) >= 11 is 1.05. The van der Waals surface area contributed by atoms with Crippen LogP contribution in [-0.2, 0) is 9.59 Å². The third kappa shape index (κ3) is 2.95. The number of anilines is 1. The third-order valence-corrected chi connectivity index (χ3v) is 4.92. The lowest BCUT2D eigenvalue weighted by Crippen LogP contribution is -2.30. The van der Waals surface area contributed by atoms with Crippen molar-refractivity contribution in [2.45, 2.75) is 16.9 Å². The summed E-state index contributed by atoms with van der Waals surface area (Å²) in [7, 11) is 0. The Morgan fingerprint density at radius 1 is 1.04 bits per heavy atom. The molecule has 3 aromatic rings. The molecule has 0 unspecified atom stereocenters. The number of phenolic OH excluding ortho intramolecular Hbond substituents is 1. The van der Waals surface area contributed by atoms with E-state index in [4.69, 9.17) is 4.42 Å². The van der Waals surface area contributed by atoms with E-state index in [9.17, 15) is 14.7 Å². The fourth-order valence-corrected chi connectivity index (χ4v) is 3.58. The molecule has 1 N–H and O–H groups in total. The first-order chi connectivity index (χ1) is 12.6. The highest BCUT2D eigenvalue weighted by molar-refractivity contribution is 8.00. The number of hydrogen-bond donors (Lipinski definition) is 1. The molecule has 26 heavy (non-hydrogen) atoms. The predicted molar refractivity (Wildman–Crippen MR) is 94.6 cm³/mol. The molecule has 0 spiro atoms. The maximum absolute atomic E-state index is 12.6. The van der Waals surface area contributed by atoms with Crippen molar-refractivity contribution in [1.82, 2.24) is 10.2 Å². The number of amides is 2. The van der Waals surface area contributed by atoms with E-state index in [-0.39, 0.29) is 35.1 Å². The van der Waals surface area contributed by atoms with Crippen molar-refractivity contribution < 1.29 is 19.1 Å². The number of thioether (sulfide) groups is 1. The molecule has 1 saturated heterocycles. The van der Waals surface area contributed by atoms with Crippen LogP contribution in [0.4, 0.5) is 5.69 Å². The largest absolute Gasteiger partial charge is 0.507 e. The highest BCUT2D eigenvalue weighted by atomic mass is 32.2. The molecule has 2 amide bonds. The van der Waals surface area contributed by atoms with Gasteiger partial charge in [0.05, 0.1) is 11.3 Å². The van der Waals surface area contributed by atoms with Gasteiger partial charge >= 0.3 is 0 Å². The Morgan fingerprint density at radius 2 is 1.77 bits per heavy atom. The standard InChI is InChI=1S/C18H13N3O4S/c22-13-9-5-4-8-12(13)16-19-20-18(25-16)26-14-10-15(23)21(17(14)24)11-6-2-1-3-7-11/h1-9,14,22H,10H2/t14-/m1/s1. The van der Waals surface area contributed by atoms with Crippen LogP contribution in [0.3, 0.4) is 0 Å². The van der Waals surface area contributed by atoms with Crippen LogP contribution < -0.4 is 4.90 Å². The van der Waals surface area contributed by atoms with Crippen molar-refractivity contribution >= 4 is 29.3 Å². The summed E-state index contributed by atoms with van der Waals surface area (Å²) in [5, 5.41) is 17.2. The fourth-order valence-electron chi connectivity index (χ4n) is 2.69. The van der Waals surface area contributed by atoms with Gasteiger partial charge in [-0.3, -0.25) is 9.59 Å². The molecule has 4 rings (SSSR count). The van der Waals surface area contributed by atoms with Crippen LogP contribution in [0.1, 0.15) is 6.42 Å². The number of benzene rings is 2. The van der Waals surface area contributed by atoms with Crippen molar-refractivity contribution in [2.75, 3.05) is 4.90 Å². The molecule has 0 aliphatic carbocycles. The minimum Gasteiger partial charge on any atom is -0.507 e. The third-order valence-electron chi connectivity index (χ3n) is 3.90. The van der Waals surface area contributed by atoms with Crippen LogP contribution in [0.5, 0.6) is 5.75 Å². The number of hydrogen-bond acceptors (Lipinski definition) is 7. The monoisotopic (exact) mass is 367 g/mol. The number of aromatic hydroxyl groups is 1. The van der Waals surface area contributed by atoms with Crippen LogP contribution in [0.25, 0.3) is 11.5 Å². The number of phenols is 1. The zero-order chi connectivity index (χ0) is 18.1. The molecule has 0 radical (unpaired) electrons. The van der Waals surface area contributed by atoms with Gasteiger partial charge < -0.3 is 9.52 Å². The quantitative estimate of drug-likeness (QED) is 0.708. The van der Waals surface area contributed by atoms with Gasteiger partial charge in [-0.2, -0.15) is 0 Å². The van der Waals surface area contributed by atoms with Gasteiger partial charge in [0.25, 0.3) is 11.1 Å². The molecule has 1 aromatic heterocycles. The van der Waals surface area contributed by atoms with E-state index >= 15 is 0 Å². The summed E-state index contributed by atoms with van der Waals surface area (Å²) in [4.78, 5) is 26.0. The van der Waals surface area contributed by atoms with Gasteiger partial charge in [-0.1, -0.05) is 42.1 Å². The number of imide groups is 1. The van der Waals surface area contributed by atoms with Gasteiger partial charge in [0.1, 0.15) is 11.0 Å². The second-order valence-electron chi connectivity index (χ2n) is 5.60. The lowest BCUT2D eigenvalue weighted by molar-refractivity contribution is -0.121. The maximum atomic E-state index is 12.6. The maximum Gasteiger partial charge on any atom is 0.277 e. The molecule has 0 saturated carbocycles. The van der Waals surface area contributed by atoms with E-state index in [1.54, 1.807) is 42.5 Å². The van der Waals surface area contributed by atoms with E-state index in [1.807, 2.05) is 6.07 Å². The van der Waals surface area contributed by atoms with Crippen LogP contribution in [0.15, 0.2) is 64.2 Å². The lowest BCUT2D eigenvalue weighted by atomic mass is 10.2. The van der Waals surface area contributed by atoms with Crippen LogP contribution in [-0.4, -0.2) is 32.4 Å². The summed E-state index contributed by atoms with van der Waals surface area (Å²) in [6.45, 7) is 0. The summed E-state index contributed by atoms with van der Waals surface area (Å²) < 4.78 is 5.54. The second-order valence-corrected chi connectivity index (χ2v) is 6.76. The zero-order valence-electron chi connectivity index (χ0n) is 13.4. The molecule has 1 fully saturated rings. The first-order valence-electron chi connectivity index (χ1n) is 7.84.